The maximum Gasteiger partial charge on any atom is 0.0897 e. The fraction of sp³-hybridized carbons (Fsp3) is 0.571. The number of halogens is 1. The van der Waals surface area contributed by atoms with Gasteiger partial charge in [0.05, 0.1) is 5.60 Å². The molecule has 0 aliphatic heterocycles. The molecule has 2 rings (SSSR count). The molecule has 1 unspecified atom stereocenters. The molecule has 0 amide bonds. The molecule has 2 heteroatoms. The Morgan fingerprint density at radius 3 is 2.56 bits per heavy atom. The van der Waals surface area contributed by atoms with Crippen LogP contribution in [0.2, 0.25) is 5.02 Å². The predicted octanol–water partition coefficient (Wildman–Crippen LogP) is 4.13. The Morgan fingerprint density at radius 1 is 1.25 bits per heavy atom. The molecule has 88 valence electrons. The van der Waals surface area contributed by atoms with Crippen molar-refractivity contribution in [1.29, 1.82) is 0 Å². The van der Waals surface area contributed by atoms with Crippen LogP contribution < -0.4 is 0 Å². The van der Waals surface area contributed by atoms with E-state index in [9.17, 15) is 5.11 Å². The first-order chi connectivity index (χ1) is 7.60. The highest BCUT2D eigenvalue weighted by Gasteiger charge is 2.34. The van der Waals surface area contributed by atoms with Gasteiger partial charge < -0.3 is 5.11 Å². The summed E-state index contributed by atoms with van der Waals surface area (Å²) in [5.74, 6) is 0.375. The summed E-state index contributed by atoms with van der Waals surface area (Å²) in [5, 5.41) is 11.4. The summed E-state index contributed by atoms with van der Waals surface area (Å²) in [6, 6.07) is 7.62. The van der Waals surface area contributed by atoms with Crippen LogP contribution in [0.15, 0.2) is 24.3 Å². The van der Waals surface area contributed by atoms with Gasteiger partial charge in [-0.2, -0.15) is 0 Å². The summed E-state index contributed by atoms with van der Waals surface area (Å²) >= 11 is 5.98. The van der Waals surface area contributed by atoms with E-state index in [0.717, 1.165) is 18.4 Å². The molecule has 1 aliphatic rings. The number of rotatable bonds is 2. The van der Waals surface area contributed by atoms with Crippen molar-refractivity contribution < 1.29 is 5.11 Å². The second kappa shape index (κ2) is 4.77. The lowest BCUT2D eigenvalue weighted by molar-refractivity contribution is -0.0215. The second-order valence-electron chi connectivity index (χ2n) is 4.99. The second-order valence-corrected chi connectivity index (χ2v) is 5.43. The monoisotopic (exact) mass is 238 g/mol. The number of aliphatic hydroxyl groups is 1. The van der Waals surface area contributed by atoms with Crippen LogP contribution in [0, 0.1) is 5.92 Å². The normalized spacial score (nSPS) is 21.7. The first-order valence-electron chi connectivity index (χ1n) is 6.09. The van der Waals surface area contributed by atoms with Gasteiger partial charge in [-0.25, -0.2) is 0 Å². The van der Waals surface area contributed by atoms with Gasteiger partial charge in [0.2, 0.25) is 0 Å². The Hall–Kier alpha value is -0.530. The number of benzene rings is 1. The van der Waals surface area contributed by atoms with Crippen molar-refractivity contribution in [3.8, 4) is 0 Å². The quantitative estimate of drug-likeness (QED) is 0.822. The minimum absolute atomic E-state index is 0.375. The highest BCUT2D eigenvalue weighted by Crippen LogP contribution is 2.39. The molecule has 1 aromatic rings. The first-order valence-corrected chi connectivity index (χ1v) is 6.47. The van der Waals surface area contributed by atoms with Gasteiger partial charge >= 0.3 is 0 Å². The lowest BCUT2D eigenvalue weighted by Gasteiger charge is -2.36. The van der Waals surface area contributed by atoms with Crippen molar-refractivity contribution >= 4 is 11.6 Å². The highest BCUT2D eigenvalue weighted by atomic mass is 35.5. The molecular weight excluding hydrogens is 220 g/mol. The lowest BCUT2D eigenvalue weighted by Crippen LogP contribution is -2.33. The van der Waals surface area contributed by atoms with Gasteiger partial charge in [0.1, 0.15) is 0 Å². The molecule has 1 N–H and O–H groups in total. The van der Waals surface area contributed by atoms with Crippen LogP contribution in [0.25, 0.3) is 0 Å². The minimum atomic E-state index is -0.731. The lowest BCUT2D eigenvalue weighted by atomic mass is 9.74. The smallest absolute Gasteiger partial charge is 0.0897 e. The molecular formula is C14H19ClO. The highest BCUT2D eigenvalue weighted by molar-refractivity contribution is 6.30. The standard InChI is InChI=1S/C14H19ClO/c1-14(16,11-6-3-2-4-7-11)12-8-5-9-13(15)10-12/h5,8-11,16H,2-4,6-7H2,1H3. The molecule has 0 saturated heterocycles. The van der Waals surface area contributed by atoms with E-state index in [2.05, 4.69) is 0 Å². The van der Waals surface area contributed by atoms with Crippen molar-refractivity contribution in [2.75, 3.05) is 0 Å². The average molecular weight is 239 g/mol. The van der Waals surface area contributed by atoms with Gasteiger partial charge in [-0.05, 0) is 43.4 Å². The Kier molecular flexibility index (Phi) is 3.56. The third kappa shape index (κ3) is 2.41. The topological polar surface area (TPSA) is 20.2 Å². The fourth-order valence-corrected chi connectivity index (χ4v) is 2.89. The van der Waals surface area contributed by atoms with Crippen LogP contribution in [0.3, 0.4) is 0 Å². The molecule has 0 spiro atoms. The molecule has 1 fully saturated rings. The van der Waals surface area contributed by atoms with Gasteiger partial charge in [0.25, 0.3) is 0 Å². The summed E-state index contributed by atoms with van der Waals surface area (Å²) in [7, 11) is 0. The van der Waals surface area contributed by atoms with Crippen molar-refractivity contribution in [3.63, 3.8) is 0 Å². The van der Waals surface area contributed by atoms with E-state index < -0.39 is 5.60 Å². The first kappa shape index (κ1) is 11.9. The third-order valence-electron chi connectivity index (χ3n) is 3.81. The zero-order chi connectivity index (χ0) is 11.6. The van der Waals surface area contributed by atoms with Gasteiger partial charge in [-0.15, -0.1) is 0 Å². The van der Waals surface area contributed by atoms with E-state index in [1.807, 2.05) is 31.2 Å². The Balaban J connectivity index is 2.22. The molecule has 1 aromatic carbocycles. The maximum absolute atomic E-state index is 10.7. The zero-order valence-corrected chi connectivity index (χ0v) is 10.5. The van der Waals surface area contributed by atoms with Crippen LogP contribution in [0.5, 0.6) is 0 Å². The van der Waals surface area contributed by atoms with Gasteiger partial charge in [-0.3, -0.25) is 0 Å². The van der Waals surface area contributed by atoms with E-state index in [4.69, 9.17) is 11.6 Å². The Labute approximate surface area is 102 Å². The molecule has 1 nitrogen and oxygen atoms in total. The van der Waals surface area contributed by atoms with E-state index in [0.29, 0.717) is 10.9 Å². The van der Waals surface area contributed by atoms with E-state index >= 15 is 0 Å². The van der Waals surface area contributed by atoms with Crippen LogP contribution >= 0.6 is 11.6 Å². The number of hydrogen-bond acceptors (Lipinski definition) is 1. The van der Waals surface area contributed by atoms with Crippen molar-refractivity contribution in [2.45, 2.75) is 44.6 Å². The molecule has 1 atom stereocenters. The van der Waals surface area contributed by atoms with Crippen molar-refractivity contribution in [3.05, 3.63) is 34.9 Å². The van der Waals surface area contributed by atoms with Crippen molar-refractivity contribution in [2.24, 2.45) is 5.92 Å². The molecule has 1 aliphatic carbocycles. The summed E-state index contributed by atoms with van der Waals surface area (Å²) in [4.78, 5) is 0. The summed E-state index contributed by atoms with van der Waals surface area (Å²) in [6.45, 7) is 1.93. The molecule has 0 bridgehead atoms. The van der Waals surface area contributed by atoms with Crippen LogP contribution in [0.1, 0.15) is 44.6 Å². The molecule has 1 saturated carbocycles. The van der Waals surface area contributed by atoms with Crippen LogP contribution in [0.4, 0.5) is 0 Å². The molecule has 0 radical (unpaired) electrons. The van der Waals surface area contributed by atoms with Gasteiger partial charge in [-0.1, -0.05) is 43.0 Å². The molecule has 0 heterocycles. The zero-order valence-electron chi connectivity index (χ0n) is 9.75. The molecule has 0 aromatic heterocycles. The van der Waals surface area contributed by atoms with Crippen LogP contribution in [-0.4, -0.2) is 5.11 Å². The van der Waals surface area contributed by atoms with Gasteiger partial charge in [0, 0.05) is 5.02 Å². The summed E-state index contributed by atoms with van der Waals surface area (Å²) in [5.41, 5.74) is 0.220. The minimum Gasteiger partial charge on any atom is -0.385 e. The van der Waals surface area contributed by atoms with Crippen molar-refractivity contribution in [1.82, 2.24) is 0 Å². The van der Waals surface area contributed by atoms with Crippen LogP contribution in [-0.2, 0) is 5.60 Å². The predicted molar refractivity (Wildman–Crippen MR) is 67.6 cm³/mol. The Morgan fingerprint density at radius 2 is 1.94 bits per heavy atom. The number of hydrogen-bond donors (Lipinski definition) is 1. The largest absolute Gasteiger partial charge is 0.385 e. The van der Waals surface area contributed by atoms with Gasteiger partial charge in [0.15, 0.2) is 0 Å². The van der Waals surface area contributed by atoms with E-state index in [1.165, 1.54) is 19.3 Å². The summed E-state index contributed by atoms with van der Waals surface area (Å²) in [6.07, 6.45) is 6.03. The third-order valence-corrected chi connectivity index (χ3v) is 4.04. The Bertz CT molecular complexity index is 354. The average Bonchev–Trinajstić information content (AvgIpc) is 2.30. The summed E-state index contributed by atoms with van der Waals surface area (Å²) < 4.78 is 0. The fourth-order valence-electron chi connectivity index (χ4n) is 2.70. The van der Waals surface area contributed by atoms with E-state index in [-0.39, 0.29) is 0 Å². The SMILES string of the molecule is CC(O)(c1cccc(Cl)c1)C1CCCCC1. The maximum atomic E-state index is 10.7. The van der Waals surface area contributed by atoms with E-state index in [1.54, 1.807) is 0 Å². The molecule has 16 heavy (non-hydrogen) atoms.